The normalized spacial score (nSPS) is 11.0. The first-order valence-corrected chi connectivity index (χ1v) is 9.44. The summed E-state index contributed by atoms with van der Waals surface area (Å²) in [6, 6.07) is 9.29. The lowest BCUT2D eigenvalue weighted by Crippen LogP contribution is -1.88. The van der Waals surface area contributed by atoms with Crippen LogP contribution in [0.1, 0.15) is 95.6 Å². The molecule has 0 nitrogen and oxygen atoms in total. The van der Waals surface area contributed by atoms with Crippen molar-refractivity contribution in [2.45, 2.75) is 97.3 Å². The molecule has 0 heteroatoms. The van der Waals surface area contributed by atoms with Gasteiger partial charge in [0.1, 0.15) is 0 Å². The molecule has 0 aromatic heterocycles. The Bertz CT molecular complexity index is 322. The van der Waals surface area contributed by atoms with E-state index in [9.17, 15) is 0 Å². The molecule has 1 aromatic carbocycles. The molecule has 0 N–H and O–H groups in total. The van der Waals surface area contributed by atoms with E-state index < -0.39 is 0 Å². The van der Waals surface area contributed by atoms with Gasteiger partial charge in [0.15, 0.2) is 0 Å². The zero-order chi connectivity index (χ0) is 15.2. The van der Waals surface area contributed by atoms with Gasteiger partial charge < -0.3 is 0 Å². The first-order valence-electron chi connectivity index (χ1n) is 9.44. The monoisotopic (exact) mass is 288 g/mol. The number of hydrogen-bond donors (Lipinski definition) is 0. The highest BCUT2D eigenvalue weighted by molar-refractivity contribution is 5.22. The predicted molar refractivity (Wildman–Crippen MR) is 96.0 cm³/mol. The highest BCUT2D eigenvalue weighted by Gasteiger charge is 1.96. The van der Waals surface area contributed by atoms with E-state index in [4.69, 9.17) is 0 Å². The van der Waals surface area contributed by atoms with Gasteiger partial charge in [-0.25, -0.2) is 0 Å². The van der Waals surface area contributed by atoms with Crippen molar-refractivity contribution in [3.63, 3.8) is 0 Å². The minimum Gasteiger partial charge on any atom is -0.0654 e. The van der Waals surface area contributed by atoms with Crippen LogP contribution in [0.5, 0.6) is 0 Å². The maximum atomic E-state index is 2.33. The van der Waals surface area contributed by atoms with Crippen LogP contribution in [-0.4, -0.2) is 0 Å². The van der Waals surface area contributed by atoms with Gasteiger partial charge >= 0.3 is 0 Å². The Kier molecular flexibility index (Phi) is 11.2. The zero-order valence-electron chi connectivity index (χ0n) is 14.5. The molecular weight excluding hydrogens is 252 g/mol. The molecule has 0 saturated carbocycles. The molecule has 1 rings (SSSR count). The molecule has 0 aliphatic carbocycles. The first kappa shape index (κ1) is 18.3. The van der Waals surface area contributed by atoms with Gasteiger partial charge in [-0.1, -0.05) is 102 Å². The zero-order valence-corrected chi connectivity index (χ0v) is 14.5. The summed E-state index contributed by atoms with van der Waals surface area (Å²) in [4.78, 5) is 0. The first-order chi connectivity index (χ1) is 10.4. The highest BCUT2D eigenvalue weighted by Crippen LogP contribution is 2.13. The van der Waals surface area contributed by atoms with Gasteiger partial charge in [0.25, 0.3) is 0 Å². The van der Waals surface area contributed by atoms with Crippen LogP contribution in [0.25, 0.3) is 0 Å². The summed E-state index contributed by atoms with van der Waals surface area (Å²) < 4.78 is 0. The molecule has 0 radical (unpaired) electrons. The van der Waals surface area contributed by atoms with Gasteiger partial charge in [0, 0.05) is 0 Å². The molecule has 0 bridgehead atoms. The van der Waals surface area contributed by atoms with Crippen LogP contribution >= 0.6 is 0 Å². The van der Waals surface area contributed by atoms with Crippen molar-refractivity contribution < 1.29 is 0 Å². The van der Waals surface area contributed by atoms with Gasteiger partial charge in [0.2, 0.25) is 0 Å². The molecule has 21 heavy (non-hydrogen) atoms. The van der Waals surface area contributed by atoms with E-state index in [1.54, 1.807) is 0 Å². The second kappa shape index (κ2) is 12.9. The maximum Gasteiger partial charge on any atom is -0.0279 e. The fourth-order valence-corrected chi connectivity index (χ4v) is 2.98. The summed E-state index contributed by atoms with van der Waals surface area (Å²) in [5, 5.41) is 0. The number of rotatable bonds is 13. The molecule has 0 aliphatic heterocycles. The van der Waals surface area contributed by atoms with Gasteiger partial charge in [-0.05, 0) is 30.4 Å². The Morgan fingerprint density at radius 1 is 0.476 bits per heavy atom. The maximum absolute atomic E-state index is 2.33. The molecule has 0 aliphatic rings. The van der Waals surface area contributed by atoms with E-state index in [1.807, 2.05) is 0 Å². The summed E-state index contributed by atoms with van der Waals surface area (Å²) in [6.07, 6.45) is 18.0. The number of unbranched alkanes of at least 4 members (excludes halogenated alkanes) is 9. The van der Waals surface area contributed by atoms with Crippen LogP contribution in [0.3, 0.4) is 0 Å². The fourth-order valence-electron chi connectivity index (χ4n) is 2.98. The minimum atomic E-state index is 1.22. The van der Waals surface area contributed by atoms with E-state index in [0.717, 1.165) is 0 Å². The summed E-state index contributed by atoms with van der Waals surface area (Å²) in [5.41, 5.74) is 3.01. The van der Waals surface area contributed by atoms with Gasteiger partial charge in [0.05, 0.1) is 0 Å². The molecule has 0 fully saturated rings. The molecule has 0 heterocycles. The van der Waals surface area contributed by atoms with Crippen molar-refractivity contribution in [2.75, 3.05) is 0 Å². The van der Waals surface area contributed by atoms with Crippen molar-refractivity contribution in [2.24, 2.45) is 0 Å². The lowest BCUT2D eigenvalue weighted by molar-refractivity contribution is 0.556. The van der Waals surface area contributed by atoms with Crippen molar-refractivity contribution in [3.8, 4) is 0 Å². The second-order valence-corrected chi connectivity index (χ2v) is 6.50. The Labute approximate surface area is 133 Å². The molecule has 0 unspecified atom stereocenters. The third kappa shape index (κ3) is 9.72. The van der Waals surface area contributed by atoms with Crippen LogP contribution < -0.4 is 0 Å². The lowest BCUT2D eigenvalue weighted by Gasteiger charge is -2.04. The average molecular weight is 289 g/mol. The largest absolute Gasteiger partial charge is 0.0654 e. The Balaban J connectivity index is 1.94. The van der Waals surface area contributed by atoms with E-state index in [1.165, 1.54) is 94.6 Å². The average Bonchev–Trinajstić information content (AvgIpc) is 2.51. The third-order valence-corrected chi connectivity index (χ3v) is 4.38. The van der Waals surface area contributed by atoms with Gasteiger partial charge in [-0.3, -0.25) is 0 Å². The minimum absolute atomic E-state index is 1.22. The third-order valence-electron chi connectivity index (χ3n) is 4.38. The van der Waals surface area contributed by atoms with E-state index in [2.05, 4.69) is 38.1 Å². The molecule has 0 amide bonds. The van der Waals surface area contributed by atoms with E-state index >= 15 is 0 Å². The molecule has 0 spiro atoms. The smallest absolute Gasteiger partial charge is 0.0279 e. The Hall–Kier alpha value is -0.780. The van der Waals surface area contributed by atoms with Gasteiger partial charge in [-0.2, -0.15) is 0 Å². The van der Waals surface area contributed by atoms with Crippen LogP contribution in [0.2, 0.25) is 0 Å². The molecule has 120 valence electrons. The van der Waals surface area contributed by atoms with Gasteiger partial charge in [-0.15, -0.1) is 0 Å². The molecule has 1 aromatic rings. The highest BCUT2D eigenvalue weighted by atomic mass is 14.0. The topological polar surface area (TPSA) is 0 Å². The van der Waals surface area contributed by atoms with Crippen LogP contribution in [0, 0.1) is 0 Å². The lowest BCUT2D eigenvalue weighted by atomic mass is 10.0. The number of hydrogen-bond acceptors (Lipinski definition) is 0. The van der Waals surface area contributed by atoms with E-state index in [-0.39, 0.29) is 0 Å². The Morgan fingerprint density at radius 2 is 0.905 bits per heavy atom. The standard InChI is InChI=1S/C21H36/c1-3-5-6-7-8-9-10-11-12-13-15-21-18-16-20(14-4-2)17-19-21/h16-19H,3-15H2,1-2H3. The van der Waals surface area contributed by atoms with Crippen LogP contribution in [-0.2, 0) is 12.8 Å². The number of aryl methyl sites for hydroxylation is 2. The van der Waals surface area contributed by atoms with Crippen molar-refractivity contribution in [1.82, 2.24) is 0 Å². The Morgan fingerprint density at radius 3 is 1.38 bits per heavy atom. The SMILES string of the molecule is CCCCCCCCCCCCc1ccc(CCC)cc1. The second-order valence-electron chi connectivity index (χ2n) is 6.50. The summed E-state index contributed by atoms with van der Waals surface area (Å²) in [6.45, 7) is 4.54. The number of benzene rings is 1. The molecule has 0 saturated heterocycles. The van der Waals surface area contributed by atoms with E-state index in [0.29, 0.717) is 0 Å². The fraction of sp³-hybridized carbons (Fsp3) is 0.714. The van der Waals surface area contributed by atoms with Crippen LogP contribution in [0.15, 0.2) is 24.3 Å². The predicted octanol–water partition coefficient (Wildman–Crippen LogP) is 7.10. The van der Waals surface area contributed by atoms with Crippen molar-refractivity contribution in [1.29, 1.82) is 0 Å². The van der Waals surface area contributed by atoms with Crippen molar-refractivity contribution >= 4 is 0 Å². The van der Waals surface area contributed by atoms with Crippen molar-refractivity contribution in [3.05, 3.63) is 35.4 Å². The summed E-state index contributed by atoms with van der Waals surface area (Å²) in [7, 11) is 0. The quantitative estimate of drug-likeness (QED) is 0.339. The van der Waals surface area contributed by atoms with Crippen LogP contribution in [0.4, 0.5) is 0 Å². The molecule has 0 atom stereocenters. The summed E-state index contributed by atoms with van der Waals surface area (Å²) in [5.74, 6) is 0. The molecular formula is C21H36. The summed E-state index contributed by atoms with van der Waals surface area (Å²) >= 11 is 0.